The molecule has 0 fully saturated rings. The molecule has 2 nitrogen and oxygen atoms in total. The molecule has 0 aliphatic rings. The van der Waals surface area contributed by atoms with Crippen LogP contribution in [0.3, 0.4) is 0 Å². The second-order valence-corrected chi connectivity index (χ2v) is 5.24. The Labute approximate surface area is 124 Å². The summed E-state index contributed by atoms with van der Waals surface area (Å²) in [6.07, 6.45) is 0.703. The summed E-state index contributed by atoms with van der Waals surface area (Å²) in [5, 5.41) is 3.78. The lowest BCUT2D eigenvalue weighted by Gasteiger charge is -2.13. The standard InChI is InChI=1S/C17H18ClNO/c1-12(20)17(19-2)11-13-7-9-14(10-8-13)15-5-3-4-6-16(15)18/h3-10,17,19H,11H2,1-2H3/t17-/m0/s1. The number of rotatable bonds is 5. The van der Waals surface area contributed by atoms with Crippen molar-refractivity contribution in [2.45, 2.75) is 19.4 Å². The molecule has 0 saturated carbocycles. The summed E-state index contributed by atoms with van der Waals surface area (Å²) >= 11 is 6.19. The molecule has 2 rings (SSSR count). The van der Waals surface area contributed by atoms with Crippen LogP contribution in [0.2, 0.25) is 5.02 Å². The molecule has 0 heterocycles. The van der Waals surface area contributed by atoms with Crippen LogP contribution in [0.4, 0.5) is 0 Å². The van der Waals surface area contributed by atoms with Gasteiger partial charge in [-0.1, -0.05) is 54.1 Å². The highest BCUT2D eigenvalue weighted by Crippen LogP contribution is 2.27. The number of nitrogens with one attached hydrogen (secondary N) is 1. The number of benzene rings is 2. The van der Waals surface area contributed by atoms with Crippen molar-refractivity contribution in [2.24, 2.45) is 0 Å². The largest absolute Gasteiger partial charge is 0.310 e. The summed E-state index contributed by atoms with van der Waals surface area (Å²) in [7, 11) is 1.81. The number of halogens is 1. The molecule has 20 heavy (non-hydrogen) atoms. The van der Waals surface area contributed by atoms with E-state index in [9.17, 15) is 4.79 Å². The van der Waals surface area contributed by atoms with Gasteiger partial charge in [0.05, 0.1) is 6.04 Å². The predicted molar refractivity (Wildman–Crippen MR) is 84.1 cm³/mol. The second kappa shape index (κ2) is 6.69. The third kappa shape index (κ3) is 3.47. The third-order valence-electron chi connectivity index (χ3n) is 3.42. The number of hydrogen-bond donors (Lipinski definition) is 1. The zero-order valence-corrected chi connectivity index (χ0v) is 12.4. The van der Waals surface area contributed by atoms with E-state index in [0.717, 1.165) is 21.7 Å². The molecule has 1 atom stereocenters. The molecule has 0 unspecified atom stereocenters. The lowest BCUT2D eigenvalue weighted by atomic mass is 9.99. The molecular weight excluding hydrogens is 270 g/mol. The van der Waals surface area contributed by atoms with Crippen molar-refractivity contribution in [2.75, 3.05) is 7.05 Å². The van der Waals surface area contributed by atoms with Crippen LogP contribution in [-0.2, 0) is 11.2 Å². The molecule has 2 aromatic rings. The Morgan fingerprint density at radius 1 is 1.15 bits per heavy atom. The van der Waals surface area contributed by atoms with Crippen molar-refractivity contribution in [3.63, 3.8) is 0 Å². The van der Waals surface area contributed by atoms with Gasteiger partial charge in [0.15, 0.2) is 0 Å². The van der Waals surface area contributed by atoms with Gasteiger partial charge in [0.25, 0.3) is 0 Å². The van der Waals surface area contributed by atoms with Crippen molar-refractivity contribution < 1.29 is 4.79 Å². The van der Waals surface area contributed by atoms with Gasteiger partial charge in [0.1, 0.15) is 5.78 Å². The van der Waals surface area contributed by atoms with Crippen molar-refractivity contribution >= 4 is 17.4 Å². The van der Waals surface area contributed by atoms with Gasteiger partial charge in [-0.05, 0) is 37.6 Å². The van der Waals surface area contributed by atoms with E-state index in [1.54, 1.807) is 6.92 Å². The maximum absolute atomic E-state index is 11.4. The molecule has 104 valence electrons. The fraction of sp³-hybridized carbons (Fsp3) is 0.235. The van der Waals surface area contributed by atoms with E-state index in [0.29, 0.717) is 6.42 Å². The van der Waals surface area contributed by atoms with E-state index >= 15 is 0 Å². The molecule has 0 spiro atoms. The zero-order valence-electron chi connectivity index (χ0n) is 11.7. The van der Waals surface area contributed by atoms with E-state index in [-0.39, 0.29) is 11.8 Å². The highest BCUT2D eigenvalue weighted by molar-refractivity contribution is 6.33. The summed E-state index contributed by atoms with van der Waals surface area (Å²) in [6, 6.07) is 15.8. The van der Waals surface area contributed by atoms with E-state index in [2.05, 4.69) is 5.32 Å². The fourth-order valence-corrected chi connectivity index (χ4v) is 2.45. The molecule has 0 saturated heterocycles. The lowest BCUT2D eigenvalue weighted by molar-refractivity contribution is -0.118. The molecule has 2 aromatic carbocycles. The summed E-state index contributed by atoms with van der Waals surface area (Å²) in [6.45, 7) is 1.61. The maximum Gasteiger partial charge on any atom is 0.147 e. The Hall–Kier alpha value is -1.64. The SMILES string of the molecule is CN[C@@H](Cc1ccc(-c2ccccc2Cl)cc1)C(C)=O. The summed E-state index contributed by atoms with van der Waals surface area (Å²) in [5.74, 6) is 0.155. The normalized spacial score (nSPS) is 12.2. The number of hydrogen-bond acceptors (Lipinski definition) is 2. The average molecular weight is 288 g/mol. The fourth-order valence-electron chi connectivity index (χ4n) is 2.20. The monoisotopic (exact) mass is 287 g/mol. The number of carbonyl (C=O) groups is 1. The Balaban J connectivity index is 2.18. The lowest BCUT2D eigenvalue weighted by Crippen LogP contribution is -2.34. The molecule has 0 amide bonds. The minimum absolute atomic E-state index is 0.124. The van der Waals surface area contributed by atoms with Crippen molar-refractivity contribution in [3.05, 3.63) is 59.1 Å². The van der Waals surface area contributed by atoms with Gasteiger partial charge in [-0.15, -0.1) is 0 Å². The first kappa shape index (κ1) is 14.8. The number of Topliss-reactive ketones (excluding diaryl/α,β-unsaturated/α-hetero) is 1. The first-order valence-electron chi connectivity index (χ1n) is 6.63. The molecule has 0 aliphatic heterocycles. The Morgan fingerprint density at radius 3 is 2.35 bits per heavy atom. The number of ketones is 1. The Kier molecular flexibility index (Phi) is 4.94. The van der Waals surface area contributed by atoms with Crippen LogP contribution in [0.25, 0.3) is 11.1 Å². The van der Waals surface area contributed by atoms with Gasteiger partial charge in [0, 0.05) is 10.6 Å². The van der Waals surface area contributed by atoms with Crippen LogP contribution in [0, 0.1) is 0 Å². The van der Waals surface area contributed by atoms with Crippen LogP contribution < -0.4 is 5.32 Å². The molecule has 3 heteroatoms. The first-order chi connectivity index (χ1) is 9.61. The summed E-state index contributed by atoms with van der Waals surface area (Å²) < 4.78 is 0. The number of carbonyl (C=O) groups excluding carboxylic acids is 1. The van der Waals surface area contributed by atoms with Crippen LogP contribution >= 0.6 is 11.6 Å². The van der Waals surface area contributed by atoms with E-state index in [1.807, 2.05) is 55.6 Å². The van der Waals surface area contributed by atoms with Crippen molar-refractivity contribution in [1.82, 2.24) is 5.32 Å². The van der Waals surface area contributed by atoms with Crippen molar-refractivity contribution in [1.29, 1.82) is 0 Å². The smallest absolute Gasteiger partial charge is 0.147 e. The number of likely N-dealkylation sites (N-methyl/N-ethyl adjacent to an activating group) is 1. The van der Waals surface area contributed by atoms with Crippen LogP contribution in [-0.4, -0.2) is 18.9 Å². The minimum atomic E-state index is -0.124. The highest BCUT2D eigenvalue weighted by Gasteiger charge is 2.12. The highest BCUT2D eigenvalue weighted by atomic mass is 35.5. The van der Waals surface area contributed by atoms with Gasteiger partial charge in [-0.3, -0.25) is 4.79 Å². The summed E-state index contributed by atoms with van der Waals surface area (Å²) in [4.78, 5) is 11.4. The quantitative estimate of drug-likeness (QED) is 0.908. The molecule has 0 aliphatic carbocycles. The van der Waals surface area contributed by atoms with E-state index < -0.39 is 0 Å². The maximum atomic E-state index is 11.4. The zero-order chi connectivity index (χ0) is 14.5. The minimum Gasteiger partial charge on any atom is -0.310 e. The molecule has 1 N–H and O–H groups in total. The van der Waals surface area contributed by atoms with Crippen LogP contribution in [0.15, 0.2) is 48.5 Å². The summed E-state index contributed by atoms with van der Waals surface area (Å²) in [5.41, 5.74) is 3.25. The van der Waals surface area contributed by atoms with Gasteiger partial charge >= 0.3 is 0 Å². The molecule has 0 bridgehead atoms. The predicted octanol–water partition coefficient (Wildman–Crippen LogP) is 3.73. The molecule has 0 radical (unpaired) electrons. The Morgan fingerprint density at radius 2 is 1.80 bits per heavy atom. The second-order valence-electron chi connectivity index (χ2n) is 4.83. The first-order valence-corrected chi connectivity index (χ1v) is 7.01. The Bertz CT molecular complexity index is 592. The van der Waals surface area contributed by atoms with Gasteiger partial charge in [-0.25, -0.2) is 0 Å². The molecular formula is C17H18ClNO. The molecule has 0 aromatic heterocycles. The van der Waals surface area contributed by atoms with E-state index in [1.165, 1.54) is 0 Å². The van der Waals surface area contributed by atoms with Crippen molar-refractivity contribution in [3.8, 4) is 11.1 Å². The van der Waals surface area contributed by atoms with Gasteiger partial charge in [-0.2, -0.15) is 0 Å². The third-order valence-corrected chi connectivity index (χ3v) is 3.75. The van der Waals surface area contributed by atoms with Gasteiger partial charge < -0.3 is 5.32 Å². The van der Waals surface area contributed by atoms with Crippen LogP contribution in [0.1, 0.15) is 12.5 Å². The van der Waals surface area contributed by atoms with Gasteiger partial charge in [0.2, 0.25) is 0 Å². The van der Waals surface area contributed by atoms with E-state index in [4.69, 9.17) is 11.6 Å². The van der Waals surface area contributed by atoms with Crippen LogP contribution in [0.5, 0.6) is 0 Å². The topological polar surface area (TPSA) is 29.1 Å². The average Bonchev–Trinajstić information content (AvgIpc) is 2.46.